The molecule has 0 unspecified atom stereocenters. The van der Waals surface area contributed by atoms with Crippen LogP contribution in [0.25, 0.3) is 0 Å². The van der Waals surface area contributed by atoms with Gasteiger partial charge in [0.25, 0.3) is 5.91 Å². The van der Waals surface area contributed by atoms with E-state index in [-0.39, 0.29) is 15.8 Å². The highest BCUT2D eigenvalue weighted by atomic mass is 35.5. The molecular weight excluding hydrogens is 326 g/mol. The van der Waals surface area contributed by atoms with Crippen LogP contribution in [0.3, 0.4) is 0 Å². The van der Waals surface area contributed by atoms with Gasteiger partial charge in [-0.25, -0.2) is 8.42 Å². The number of piperazine rings is 1. The Hall–Kier alpha value is -1.15. The summed E-state index contributed by atoms with van der Waals surface area (Å²) in [6, 6.07) is 4.35. The lowest BCUT2D eigenvalue weighted by Crippen LogP contribution is -2.47. The maximum absolute atomic E-state index is 12.8. The van der Waals surface area contributed by atoms with Gasteiger partial charge in [-0.1, -0.05) is 11.6 Å². The highest BCUT2D eigenvalue weighted by molar-refractivity contribution is 7.89. The third kappa shape index (κ3) is 3.43. The van der Waals surface area contributed by atoms with Crippen molar-refractivity contribution >= 4 is 27.5 Å². The number of hydrogen-bond acceptors (Lipinski definition) is 4. The van der Waals surface area contributed by atoms with Gasteiger partial charge in [0.15, 0.2) is 0 Å². The molecule has 122 valence electrons. The van der Waals surface area contributed by atoms with Crippen LogP contribution in [0.1, 0.15) is 10.4 Å². The van der Waals surface area contributed by atoms with Crippen LogP contribution in [-0.4, -0.2) is 75.8 Å². The van der Waals surface area contributed by atoms with Crippen molar-refractivity contribution in [2.24, 2.45) is 0 Å². The van der Waals surface area contributed by atoms with Crippen molar-refractivity contribution in [3.8, 4) is 0 Å². The number of carbonyl (C=O) groups excluding carboxylic acids is 1. The molecule has 0 spiro atoms. The van der Waals surface area contributed by atoms with Gasteiger partial charge in [-0.15, -0.1) is 0 Å². The largest absolute Gasteiger partial charge is 0.345 e. The Labute approximate surface area is 136 Å². The van der Waals surface area contributed by atoms with Gasteiger partial charge in [0, 0.05) is 45.8 Å². The molecule has 22 heavy (non-hydrogen) atoms. The molecule has 0 radical (unpaired) electrons. The molecule has 0 bridgehead atoms. The second kappa shape index (κ2) is 6.54. The first-order valence-corrected chi connectivity index (χ1v) is 8.75. The van der Waals surface area contributed by atoms with Crippen LogP contribution in [0.4, 0.5) is 0 Å². The van der Waals surface area contributed by atoms with Crippen molar-refractivity contribution in [1.29, 1.82) is 0 Å². The highest BCUT2D eigenvalue weighted by Crippen LogP contribution is 2.27. The minimum absolute atomic E-state index is 0.00794. The van der Waals surface area contributed by atoms with Crippen LogP contribution in [-0.2, 0) is 10.0 Å². The summed E-state index contributed by atoms with van der Waals surface area (Å²) in [6.45, 7) is 2.18. The average molecular weight is 346 g/mol. The average Bonchev–Trinajstić information content (AvgIpc) is 2.47. The van der Waals surface area contributed by atoms with E-state index >= 15 is 0 Å². The summed E-state index contributed by atoms with van der Waals surface area (Å²) in [4.78, 5) is 15.5. The van der Waals surface area contributed by atoms with Gasteiger partial charge in [-0.05, 0) is 25.2 Å². The molecule has 0 saturated carbocycles. The third-order valence-electron chi connectivity index (χ3n) is 3.66. The Morgan fingerprint density at radius 2 is 1.77 bits per heavy atom. The van der Waals surface area contributed by atoms with Crippen LogP contribution in [0.15, 0.2) is 23.1 Å². The molecule has 0 aromatic heterocycles. The third-order valence-corrected chi connectivity index (χ3v) is 6.04. The minimum atomic E-state index is -3.69. The minimum Gasteiger partial charge on any atom is -0.345 e. The molecule has 2 rings (SSSR count). The van der Waals surface area contributed by atoms with Gasteiger partial charge < -0.3 is 9.80 Å². The fourth-order valence-corrected chi connectivity index (χ4v) is 4.18. The van der Waals surface area contributed by atoms with Crippen LogP contribution >= 0.6 is 11.6 Å². The number of benzene rings is 1. The van der Waals surface area contributed by atoms with Gasteiger partial charge in [-0.2, -0.15) is 4.31 Å². The Morgan fingerprint density at radius 3 is 2.32 bits per heavy atom. The first-order valence-electron chi connectivity index (χ1n) is 6.93. The topological polar surface area (TPSA) is 60.9 Å². The number of halogens is 1. The van der Waals surface area contributed by atoms with Crippen LogP contribution in [0.2, 0.25) is 5.02 Å². The summed E-state index contributed by atoms with van der Waals surface area (Å²) in [6.07, 6.45) is 0. The van der Waals surface area contributed by atoms with E-state index in [0.29, 0.717) is 31.7 Å². The van der Waals surface area contributed by atoms with Crippen LogP contribution in [0, 0.1) is 0 Å². The maximum atomic E-state index is 12.8. The molecule has 1 aliphatic heterocycles. The van der Waals surface area contributed by atoms with Crippen LogP contribution in [0.5, 0.6) is 0 Å². The van der Waals surface area contributed by atoms with Crippen LogP contribution < -0.4 is 0 Å². The molecule has 1 aliphatic rings. The molecule has 0 N–H and O–H groups in total. The van der Waals surface area contributed by atoms with Crippen molar-refractivity contribution in [3.63, 3.8) is 0 Å². The number of hydrogen-bond donors (Lipinski definition) is 0. The van der Waals surface area contributed by atoms with Crippen molar-refractivity contribution in [1.82, 2.24) is 14.1 Å². The van der Waals surface area contributed by atoms with Gasteiger partial charge in [-0.3, -0.25) is 4.79 Å². The van der Waals surface area contributed by atoms with Crippen molar-refractivity contribution in [2.45, 2.75) is 4.90 Å². The molecule has 0 atom stereocenters. The smallest absolute Gasteiger partial charge is 0.253 e. The molecule has 1 aromatic rings. The number of nitrogens with zero attached hydrogens (tertiary/aromatic N) is 3. The zero-order valence-corrected chi connectivity index (χ0v) is 14.5. The van der Waals surface area contributed by atoms with Gasteiger partial charge in [0.05, 0.1) is 5.02 Å². The molecular formula is C14H20ClN3O3S. The Kier molecular flexibility index (Phi) is 5.11. The predicted octanol–water partition coefficient (Wildman–Crippen LogP) is 0.978. The fraction of sp³-hybridized carbons (Fsp3) is 0.500. The second-order valence-electron chi connectivity index (χ2n) is 5.55. The molecule has 1 aromatic carbocycles. The summed E-state index contributed by atoms with van der Waals surface area (Å²) in [5.74, 6) is -0.258. The monoisotopic (exact) mass is 345 g/mol. The molecule has 0 aliphatic carbocycles. The molecule has 6 nitrogen and oxygen atoms in total. The van der Waals surface area contributed by atoms with E-state index in [0.717, 1.165) is 0 Å². The first-order chi connectivity index (χ1) is 10.2. The number of likely N-dealkylation sites (N-methyl/N-ethyl adjacent to an activating group) is 1. The zero-order valence-electron chi connectivity index (χ0n) is 12.9. The van der Waals surface area contributed by atoms with Crippen molar-refractivity contribution in [2.75, 3.05) is 47.3 Å². The predicted molar refractivity (Wildman–Crippen MR) is 85.7 cm³/mol. The SMILES string of the molecule is CN1CCN(S(=O)(=O)c2cc(C(=O)N(C)C)ccc2Cl)CC1. The molecule has 8 heteroatoms. The Bertz CT molecular complexity index is 668. The lowest BCUT2D eigenvalue weighted by atomic mass is 10.2. The van der Waals surface area contributed by atoms with E-state index < -0.39 is 10.0 Å². The highest BCUT2D eigenvalue weighted by Gasteiger charge is 2.30. The first kappa shape index (κ1) is 17.2. The number of carbonyl (C=O) groups is 1. The summed E-state index contributed by atoms with van der Waals surface area (Å²) < 4.78 is 26.9. The van der Waals surface area contributed by atoms with E-state index in [4.69, 9.17) is 11.6 Å². The van der Waals surface area contributed by atoms with Crippen molar-refractivity contribution in [3.05, 3.63) is 28.8 Å². The molecule has 1 saturated heterocycles. The summed E-state index contributed by atoms with van der Waals surface area (Å²) in [7, 11) is 1.49. The van der Waals surface area contributed by atoms with Gasteiger partial charge in [0.1, 0.15) is 4.90 Å². The Morgan fingerprint density at radius 1 is 1.18 bits per heavy atom. The van der Waals surface area contributed by atoms with E-state index in [2.05, 4.69) is 4.90 Å². The van der Waals surface area contributed by atoms with E-state index in [1.807, 2.05) is 7.05 Å². The lowest BCUT2D eigenvalue weighted by Gasteiger charge is -2.31. The molecule has 1 fully saturated rings. The van der Waals surface area contributed by atoms with Gasteiger partial charge >= 0.3 is 0 Å². The number of rotatable bonds is 3. The quantitative estimate of drug-likeness (QED) is 0.819. The number of sulfonamides is 1. The lowest BCUT2D eigenvalue weighted by molar-refractivity contribution is 0.0827. The summed E-state index contributed by atoms with van der Waals surface area (Å²) in [5.41, 5.74) is 0.308. The fourth-order valence-electron chi connectivity index (χ4n) is 2.26. The van der Waals surface area contributed by atoms with E-state index in [1.54, 1.807) is 14.1 Å². The van der Waals surface area contributed by atoms with E-state index in [9.17, 15) is 13.2 Å². The number of amides is 1. The maximum Gasteiger partial charge on any atom is 0.253 e. The van der Waals surface area contributed by atoms with Gasteiger partial charge in [0.2, 0.25) is 10.0 Å². The second-order valence-corrected chi connectivity index (χ2v) is 7.87. The standard InChI is InChI=1S/C14H20ClN3O3S/c1-16(2)14(19)11-4-5-12(15)13(10-11)22(20,21)18-8-6-17(3)7-9-18/h4-5,10H,6-9H2,1-3H3. The van der Waals surface area contributed by atoms with Crippen molar-refractivity contribution < 1.29 is 13.2 Å². The Balaban J connectivity index is 2.38. The summed E-state index contributed by atoms with van der Waals surface area (Å²) >= 11 is 6.07. The van der Waals surface area contributed by atoms with E-state index in [1.165, 1.54) is 27.4 Å². The zero-order chi connectivity index (χ0) is 16.5. The summed E-state index contributed by atoms with van der Waals surface area (Å²) in [5, 5.41) is 0.134. The molecule has 1 heterocycles. The normalized spacial score (nSPS) is 17.5. The molecule has 1 amide bonds.